The number of amides is 1. The van der Waals surface area contributed by atoms with Crippen LogP contribution in [0.2, 0.25) is 0 Å². The maximum Gasteiger partial charge on any atom is 0.237 e. The molecule has 0 bridgehead atoms. The summed E-state index contributed by atoms with van der Waals surface area (Å²) in [6.45, 7) is 1.85. The van der Waals surface area contributed by atoms with Crippen molar-refractivity contribution in [3.63, 3.8) is 0 Å². The van der Waals surface area contributed by atoms with Crippen LogP contribution in [0.4, 0.5) is 0 Å². The molecule has 1 amide bonds. The summed E-state index contributed by atoms with van der Waals surface area (Å²) >= 11 is 0. The quantitative estimate of drug-likeness (QED) is 0.513. The minimum Gasteiger partial charge on any atom is -0.342 e. The Morgan fingerprint density at radius 3 is 2.90 bits per heavy atom. The van der Waals surface area contributed by atoms with Crippen molar-refractivity contribution in [1.82, 2.24) is 5.32 Å². The molecular weight excluding hydrogens is 130 g/mol. The van der Waals surface area contributed by atoms with Crippen molar-refractivity contribution >= 4 is 5.91 Å². The first-order valence-corrected chi connectivity index (χ1v) is 3.12. The van der Waals surface area contributed by atoms with Crippen molar-refractivity contribution in [2.24, 2.45) is 5.73 Å². The van der Waals surface area contributed by atoms with Crippen molar-refractivity contribution in [1.29, 1.82) is 5.26 Å². The second-order valence-electron chi connectivity index (χ2n) is 1.89. The van der Waals surface area contributed by atoms with Crippen molar-refractivity contribution in [2.45, 2.75) is 19.4 Å². The third-order valence-electron chi connectivity index (χ3n) is 1.12. The number of rotatable bonds is 3. The summed E-state index contributed by atoms with van der Waals surface area (Å²) in [4.78, 5) is 10.7. The Hall–Kier alpha value is -1.08. The molecule has 4 nitrogen and oxygen atoms in total. The van der Waals surface area contributed by atoms with Crippen LogP contribution in [-0.4, -0.2) is 18.5 Å². The lowest BCUT2D eigenvalue weighted by molar-refractivity contribution is -0.122. The lowest BCUT2D eigenvalue weighted by Crippen LogP contribution is -2.40. The SMILES string of the molecule is CC[C@@H](N)C(=O)NCC#N. The summed E-state index contributed by atoms with van der Waals surface area (Å²) in [7, 11) is 0. The molecule has 0 aliphatic rings. The minimum absolute atomic E-state index is 0.0343. The topological polar surface area (TPSA) is 78.9 Å². The number of hydrogen-bond acceptors (Lipinski definition) is 3. The van der Waals surface area contributed by atoms with Crippen LogP contribution in [-0.2, 0) is 4.79 Å². The van der Waals surface area contributed by atoms with E-state index in [9.17, 15) is 4.79 Å². The van der Waals surface area contributed by atoms with Gasteiger partial charge in [-0.1, -0.05) is 6.92 Å². The number of nitrogens with zero attached hydrogens (tertiary/aromatic N) is 1. The Balaban J connectivity index is 3.54. The first kappa shape index (κ1) is 8.92. The predicted octanol–water partition coefficient (Wildman–Crippen LogP) is -0.637. The average molecular weight is 141 g/mol. The van der Waals surface area contributed by atoms with E-state index in [1.165, 1.54) is 0 Å². The molecule has 1 atom stereocenters. The van der Waals surface area contributed by atoms with Crippen LogP contribution < -0.4 is 11.1 Å². The monoisotopic (exact) mass is 141 g/mol. The molecule has 56 valence electrons. The summed E-state index contributed by atoms with van der Waals surface area (Å²) < 4.78 is 0. The largest absolute Gasteiger partial charge is 0.342 e. The molecule has 0 fully saturated rings. The van der Waals surface area contributed by atoms with E-state index >= 15 is 0 Å². The molecule has 0 aromatic heterocycles. The van der Waals surface area contributed by atoms with Gasteiger partial charge in [-0.3, -0.25) is 4.79 Å². The van der Waals surface area contributed by atoms with Gasteiger partial charge in [0.25, 0.3) is 0 Å². The molecule has 0 spiro atoms. The van der Waals surface area contributed by atoms with Crippen molar-refractivity contribution in [3.05, 3.63) is 0 Å². The van der Waals surface area contributed by atoms with Gasteiger partial charge in [0, 0.05) is 0 Å². The third kappa shape index (κ3) is 3.05. The van der Waals surface area contributed by atoms with E-state index in [2.05, 4.69) is 5.32 Å². The van der Waals surface area contributed by atoms with Gasteiger partial charge in [0.1, 0.15) is 6.54 Å². The molecule has 3 N–H and O–H groups in total. The zero-order valence-corrected chi connectivity index (χ0v) is 5.92. The second-order valence-corrected chi connectivity index (χ2v) is 1.89. The highest BCUT2D eigenvalue weighted by atomic mass is 16.2. The summed E-state index contributed by atoms with van der Waals surface area (Å²) in [5.74, 6) is -0.260. The highest BCUT2D eigenvalue weighted by molar-refractivity contribution is 5.81. The van der Waals surface area contributed by atoms with Gasteiger partial charge in [-0.05, 0) is 6.42 Å². The summed E-state index contributed by atoms with van der Waals surface area (Å²) in [5.41, 5.74) is 5.34. The van der Waals surface area contributed by atoms with Crippen molar-refractivity contribution in [2.75, 3.05) is 6.54 Å². The Morgan fingerprint density at radius 1 is 1.90 bits per heavy atom. The fourth-order valence-corrected chi connectivity index (χ4v) is 0.443. The highest BCUT2D eigenvalue weighted by Gasteiger charge is 2.08. The zero-order chi connectivity index (χ0) is 7.98. The molecule has 0 heterocycles. The highest BCUT2D eigenvalue weighted by Crippen LogP contribution is 1.83. The van der Waals surface area contributed by atoms with Gasteiger partial charge in [-0.2, -0.15) is 5.26 Å². The maximum absolute atomic E-state index is 10.7. The van der Waals surface area contributed by atoms with Gasteiger partial charge in [0.05, 0.1) is 12.1 Å². The van der Waals surface area contributed by atoms with Gasteiger partial charge in [-0.25, -0.2) is 0 Å². The number of carbonyl (C=O) groups excluding carboxylic acids is 1. The first-order chi connectivity index (χ1) is 4.72. The number of carbonyl (C=O) groups is 1. The van der Waals surface area contributed by atoms with E-state index in [1.54, 1.807) is 6.07 Å². The summed E-state index contributed by atoms with van der Waals surface area (Å²) in [6.07, 6.45) is 0.595. The van der Waals surface area contributed by atoms with E-state index in [0.29, 0.717) is 6.42 Å². The Labute approximate surface area is 60.0 Å². The lowest BCUT2D eigenvalue weighted by Gasteiger charge is -2.05. The van der Waals surface area contributed by atoms with Crippen LogP contribution in [0.3, 0.4) is 0 Å². The van der Waals surface area contributed by atoms with E-state index < -0.39 is 6.04 Å². The Bertz CT molecular complexity index is 150. The fraction of sp³-hybridized carbons (Fsp3) is 0.667. The number of hydrogen-bond donors (Lipinski definition) is 2. The van der Waals surface area contributed by atoms with Crippen molar-refractivity contribution < 1.29 is 4.79 Å². The third-order valence-corrected chi connectivity index (χ3v) is 1.12. The van der Waals surface area contributed by atoms with Gasteiger partial charge in [0.2, 0.25) is 5.91 Å². The lowest BCUT2D eigenvalue weighted by atomic mass is 10.2. The minimum atomic E-state index is -0.478. The summed E-state index contributed by atoms with van der Waals surface area (Å²) in [5, 5.41) is 10.4. The van der Waals surface area contributed by atoms with E-state index in [1.807, 2.05) is 6.92 Å². The van der Waals surface area contributed by atoms with E-state index in [0.717, 1.165) is 0 Å². The first-order valence-electron chi connectivity index (χ1n) is 3.12. The molecule has 0 radical (unpaired) electrons. The Morgan fingerprint density at radius 2 is 2.50 bits per heavy atom. The van der Waals surface area contributed by atoms with E-state index in [-0.39, 0.29) is 12.5 Å². The van der Waals surface area contributed by atoms with Gasteiger partial charge < -0.3 is 11.1 Å². The van der Waals surface area contributed by atoms with Gasteiger partial charge >= 0.3 is 0 Å². The van der Waals surface area contributed by atoms with E-state index in [4.69, 9.17) is 11.0 Å². The Kier molecular flexibility index (Phi) is 4.25. The smallest absolute Gasteiger partial charge is 0.237 e. The molecule has 0 saturated heterocycles. The molecule has 10 heavy (non-hydrogen) atoms. The van der Waals surface area contributed by atoms with Gasteiger partial charge in [0.15, 0.2) is 0 Å². The van der Waals surface area contributed by atoms with Crippen LogP contribution in [0.25, 0.3) is 0 Å². The molecule has 0 aliphatic carbocycles. The van der Waals surface area contributed by atoms with Crippen LogP contribution in [0.5, 0.6) is 0 Å². The van der Waals surface area contributed by atoms with Crippen molar-refractivity contribution in [3.8, 4) is 6.07 Å². The molecule has 0 unspecified atom stereocenters. The number of nitrogens with two attached hydrogens (primary N) is 1. The van der Waals surface area contributed by atoms with Crippen LogP contribution >= 0.6 is 0 Å². The summed E-state index contributed by atoms with van der Waals surface area (Å²) in [6, 6.07) is 1.31. The fourth-order valence-electron chi connectivity index (χ4n) is 0.443. The molecule has 0 aliphatic heterocycles. The van der Waals surface area contributed by atoms with Crippen LogP contribution in [0, 0.1) is 11.3 Å². The number of nitriles is 1. The average Bonchev–Trinajstić information content (AvgIpc) is 1.98. The standard InChI is InChI=1S/C6H11N3O/c1-2-5(8)6(10)9-4-3-7/h5H,2,4,8H2,1H3,(H,9,10)/t5-/m1/s1. The maximum atomic E-state index is 10.7. The molecular formula is C6H11N3O. The zero-order valence-electron chi connectivity index (χ0n) is 5.92. The normalized spacial score (nSPS) is 11.7. The van der Waals surface area contributed by atoms with Gasteiger partial charge in [-0.15, -0.1) is 0 Å². The molecule has 0 rings (SSSR count). The molecule has 0 aromatic rings. The predicted molar refractivity (Wildman–Crippen MR) is 36.9 cm³/mol. The number of nitrogens with one attached hydrogen (secondary N) is 1. The van der Waals surface area contributed by atoms with Crippen LogP contribution in [0.1, 0.15) is 13.3 Å². The molecule has 0 saturated carbocycles. The second kappa shape index (κ2) is 4.77. The molecule has 0 aromatic carbocycles. The molecule has 4 heteroatoms. The van der Waals surface area contributed by atoms with Crippen LogP contribution in [0.15, 0.2) is 0 Å².